The molecule has 2 N–H and O–H groups in total. The van der Waals surface area contributed by atoms with Crippen LogP contribution >= 0.6 is 0 Å². The topological polar surface area (TPSA) is 88.5 Å². The SMILES string of the molecule is CCCCOC(=O)/C(C=N)=C(/NC12CCC(C(=O)OCC)(CC1)CC2)C(F)(F)F. The predicted molar refractivity (Wildman–Crippen MR) is 100 cm³/mol. The number of hydrogen-bond donors (Lipinski definition) is 2. The predicted octanol–water partition coefficient (Wildman–Crippen LogP) is 4.04. The van der Waals surface area contributed by atoms with Crippen LogP contribution in [0.1, 0.15) is 65.2 Å². The van der Waals surface area contributed by atoms with E-state index in [1.165, 1.54) is 0 Å². The molecule has 0 aliphatic heterocycles. The third-order valence-corrected chi connectivity index (χ3v) is 5.99. The molecule has 0 aromatic carbocycles. The lowest BCUT2D eigenvalue weighted by Gasteiger charge is -2.52. The molecule has 0 aromatic rings. The van der Waals surface area contributed by atoms with Gasteiger partial charge in [0.1, 0.15) is 11.3 Å². The zero-order chi connectivity index (χ0) is 21.7. The summed E-state index contributed by atoms with van der Waals surface area (Å²) in [7, 11) is 0. The van der Waals surface area contributed by atoms with Crippen molar-refractivity contribution >= 4 is 18.2 Å². The summed E-state index contributed by atoms with van der Waals surface area (Å²) < 4.78 is 51.4. The van der Waals surface area contributed by atoms with E-state index in [1.807, 2.05) is 6.92 Å². The molecule has 0 saturated heterocycles. The number of rotatable bonds is 9. The first-order valence-electron chi connectivity index (χ1n) is 10.1. The first kappa shape index (κ1) is 23.2. The number of carbonyl (C=O) groups excluding carboxylic acids is 2. The molecule has 2 bridgehead atoms. The molecule has 3 aliphatic rings. The Labute approximate surface area is 168 Å². The van der Waals surface area contributed by atoms with Crippen LogP contribution in [0.2, 0.25) is 0 Å². The van der Waals surface area contributed by atoms with Gasteiger partial charge in [-0.15, -0.1) is 0 Å². The number of esters is 2. The number of hydrogen-bond acceptors (Lipinski definition) is 6. The molecule has 0 unspecified atom stereocenters. The van der Waals surface area contributed by atoms with Gasteiger partial charge in [0.05, 0.1) is 18.6 Å². The van der Waals surface area contributed by atoms with Crippen LogP contribution in [-0.4, -0.2) is 43.1 Å². The highest BCUT2D eigenvalue weighted by atomic mass is 19.4. The fourth-order valence-corrected chi connectivity index (χ4v) is 4.14. The van der Waals surface area contributed by atoms with Crippen LogP contribution in [-0.2, 0) is 19.1 Å². The molecule has 29 heavy (non-hydrogen) atoms. The van der Waals surface area contributed by atoms with Gasteiger partial charge >= 0.3 is 18.1 Å². The molecule has 6 nitrogen and oxygen atoms in total. The highest BCUT2D eigenvalue weighted by Crippen LogP contribution is 2.53. The maximum absolute atomic E-state index is 13.8. The van der Waals surface area contributed by atoms with E-state index in [0.29, 0.717) is 51.2 Å². The van der Waals surface area contributed by atoms with E-state index >= 15 is 0 Å². The minimum atomic E-state index is -4.83. The average molecular weight is 418 g/mol. The van der Waals surface area contributed by atoms with Gasteiger partial charge in [0.15, 0.2) is 0 Å². The zero-order valence-corrected chi connectivity index (χ0v) is 16.9. The molecular weight excluding hydrogens is 389 g/mol. The number of carbonyl (C=O) groups is 2. The van der Waals surface area contributed by atoms with Gasteiger partial charge in [-0.05, 0) is 51.9 Å². The van der Waals surface area contributed by atoms with Crippen molar-refractivity contribution in [1.29, 1.82) is 5.41 Å². The van der Waals surface area contributed by atoms with Gasteiger partial charge in [0.2, 0.25) is 0 Å². The largest absolute Gasteiger partial charge is 0.466 e. The van der Waals surface area contributed by atoms with Crippen LogP contribution in [0.3, 0.4) is 0 Å². The van der Waals surface area contributed by atoms with Crippen molar-refractivity contribution in [3.63, 3.8) is 0 Å². The lowest BCUT2D eigenvalue weighted by atomic mass is 9.57. The number of ether oxygens (including phenoxy) is 2. The normalized spacial score (nSPS) is 27.1. The Balaban J connectivity index is 2.23. The molecule has 164 valence electrons. The van der Waals surface area contributed by atoms with Crippen LogP contribution in [0.25, 0.3) is 0 Å². The van der Waals surface area contributed by atoms with Crippen molar-refractivity contribution in [3.05, 3.63) is 11.3 Å². The van der Waals surface area contributed by atoms with Crippen molar-refractivity contribution in [1.82, 2.24) is 5.32 Å². The van der Waals surface area contributed by atoms with Crippen molar-refractivity contribution in [2.45, 2.75) is 76.9 Å². The number of halogens is 3. The molecule has 3 aliphatic carbocycles. The monoisotopic (exact) mass is 418 g/mol. The average Bonchev–Trinajstić information content (AvgIpc) is 2.69. The summed E-state index contributed by atoms with van der Waals surface area (Å²) in [6.07, 6.45) is -0.780. The second-order valence-corrected chi connectivity index (χ2v) is 7.83. The molecule has 9 heteroatoms. The third-order valence-electron chi connectivity index (χ3n) is 5.99. The Hall–Kier alpha value is -2.06. The Morgan fingerprint density at radius 1 is 1.07 bits per heavy atom. The summed E-state index contributed by atoms with van der Waals surface area (Å²) in [4.78, 5) is 24.5. The second kappa shape index (κ2) is 9.17. The molecular formula is C20H29F3N2O4. The van der Waals surface area contributed by atoms with Gasteiger partial charge in [-0.1, -0.05) is 13.3 Å². The van der Waals surface area contributed by atoms with Crippen molar-refractivity contribution in [3.8, 4) is 0 Å². The van der Waals surface area contributed by atoms with Gasteiger partial charge in [0, 0.05) is 11.8 Å². The van der Waals surface area contributed by atoms with E-state index in [4.69, 9.17) is 14.9 Å². The Kier molecular flexibility index (Phi) is 7.35. The van der Waals surface area contributed by atoms with E-state index in [2.05, 4.69) is 5.32 Å². The van der Waals surface area contributed by atoms with E-state index in [0.717, 1.165) is 6.42 Å². The summed E-state index contributed by atoms with van der Waals surface area (Å²) in [5.74, 6) is -1.43. The van der Waals surface area contributed by atoms with Crippen LogP contribution in [0.15, 0.2) is 11.3 Å². The maximum atomic E-state index is 13.8. The van der Waals surface area contributed by atoms with Gasteiger partial charge in [-0.25, -0.2) is 4.79 Å². The first-order valence-corrected chi connectivity index (χ1v) is 10.1. The highest BCUT2D eigenvalue weighted by molar-refractivity contribution is 6.09. The van der Waals surface area contributed by atoms with Crippen LogP contribution in [0.4, 0.5) is 13.2 Å². The number of fused-ring (bicyclic) bond motifs is 3. The summed E-state index contributed by atoms with van der Waals surface area (Å²) in [6, 6.07) is 0. The lowest BCUT2D eigenvalue weighted by molar-refractivity contribution is -0.163. The zero-order valence-electron chi connectivity index (χ0n) is 16.9. The Morgan fingerprint density at radius 2 is 1.66 bits per heavy atom. The number of allylic oxidation sites excluding steroid dienone is 1. The quantitative estimate of drug-likeness (QED) is 0.255. The molecule has 0 atom stereocenters. The number of alkyl halides is 3. The standard InChI is InChI=1S/C20H29F3N2O4/c1-3-5-12-29-16(26)14(13-24)15(20(21,22)23)25-19-9-6-18(7-10-19,8-11-19)17(27)28-4-2/h13,24-25H,3-12H2,1-2H3/b15-14+,24-13?. The summed E-state index contributed by atoms with van der Waals surface area (Å²) >= 11 is 0. The molecule has 0 aromatic heterocycles. The highest BCUT2D eigenvalue weighted by Gasteiger charge is 2.55. The van der Waals surface area contributed by atoms with E-state index < -0.39 is 34.4 Å². The molecule has 3 saturated carbocycles. The summed E-state index contributed by atoms with van der Waals surface area (Å²) in [5.41, 5.74) is -3.54. The Bertz CT molecular complexity index is 649. The summed E-state index contributed by atoms with van der Waals surface area (Å²) in [5, 5.41) is 9.94. The third kappa shape index (κ3) is 5.11. The van der Waals surface area contributed by atoms with Crippen molar-refractivity contribution in [2.75, 3.05) is 13.2 Å². The Morgan fingerprint density at radius 3 is 2.10 bits per heavy atom. The van der Waals surface area contributed by atoms with Gasteiger partial charge in [0.25, 0.3) is 0 Å². The van der Waals surface area contributed by atoms with Gasteiger partial charge < -0.3 is 20.2 Å². The van der Waals surface area contributed by atoms with Crippen molar-refractivity contribution in [2.24, 2.45) is 5.41 Å². The fourth-order valence-electron chi connectivity index (χ4n) is 4.14. The number of nitrogens with one attached hydrogen (secondary N) is 2. The molecule has 0 radical (unpaired) electrons. The van der Waals surface area contributed by atoms with E-state index in [1.54, 1.807) is 6.92 Å². The van der Waals surface area contributed by atoms with Crippen LogP contribution in [0.5, 0.6) is 0 Å². The van der Waals surface area contributed by atoms with E-state index in [9.17, 15) is 22.8 Å². The maximum Gasteiger partial charge on any atom is 0.431 e. The minimum Gasteiger partial charge on any atom is -0.466 e. The smallest absolute Gasteiger partial charge is 0.431 e. The molecule has 3 fully saturated rings. The second-order valence-electron chi connectivity index (χ2n) is 7.83. The van der Waals surface area contributed by atoms with Gasteiger partial charge in [-0.2, -0.15) is 13.2 Å². The molecule has 0 amide bonds. The number of unbranched alkanes of at least 4 members (excludes halogenated alkanes) is 1. The molecule has 0 spiro atoms. The minimum absolute atomic E-state index is 0.00497. The first-order chi connectivity index (χ1) is 13.6. The molecule has 0 heterocycles. The van der Waals surface area contributed by atoms with E-state index in [-0.39, 0.29) is 19.2 Å². The molecule has 3 rings (SSSR count). The van der Waals surface area contributed by atoms with Gasteiger partial charge in [-0.3, -0.25) is 4.79 Å². The van der Waals surface area contributed by atoms with Crippen LogP contribution < -0.4 is 5.32 Å². The fraction of sp³-hybridized carbons (Fsp3) is 0.750. The van der Waals surface area contributed by atoms with Crippen molar-refractivity contribution < 1.29 is 32.2 Å². The van der Waals surface area contributed by atoms with Crippen LogP contribution in [0, 0.1) is 10.8 Å². The summed E-state index contributed by atoms with van der Waals surface area (Å²) in [6.45, 7) is 3.87. The lowest BCUT2D eigenvalue weighted by Crippen LogP contribution is -2.58.